The number of nitrogens with zero attached hydrogens (tertiary/aromatic N) is 1. The lowest BCUT2D eigenvalue weighted by molar-refractivity contribution is -0.912. The first-order valence-corrected chi connectivity index (χ1v) is 9.09. The normalized spacial score (nSPS) is 21.9. The monoisotopic (exact) mass is 381 g/mol. The molecule has 0 aliphatic carbocycles. The van der Waals surface area contributed by atoms with Gasteiger partial charge in [-0.2, -0.15) is 0 Å². The molecule has 2 fully saturated rings. The van der Waals surface area contributed by atoms with Gasteiger partial charge in [0.05, 0.1) is 18.0 Å². The number of quaternary nitrogens is 1. The molecule has 2 saturated heterocycles. The Morgan fingerprint density at radius 2 is 1.82 bits per heavy atom. The van der Waals surface area contributed by atoms with Gasteiger partial charge < -0.3 is 4.90 Å². The second-order valence-electron chi connectivity index (χ2n) is 5.63. The maximum atomic E-state index is 12.5. The first-order valence-electron chi connectivity index (χ1n) is 7.48. The Hall–Kier alpha value is -1.11. The quantitative estimate of drug-likeness (QED) is 0.817. The molecule has 0 saturated carbocycles. The number of carbonyl (C=O) groups excluding carboxylic acids is 2. The van der Waals surface area contributed by atoms with Crippen LogP contribution in [0.2, 0.25) is 0 Å². The molecular formula is C16H18BrN2O2S+. The number of nitrogens with one attached hydrogen (secondary N) is 1. The van der Waals surface area contributed by atoms with E-state index < -0.39 is 0 Å². The number of amides is 2. The Balaban J connectivity index is 1.71. The summed E-state index contributed by atoms with van der Waals surface area (Å²) in [6, 6.07) is 7.70. The third-order valence-corrected chi connectivity index (χ3v) is 5.42. The molecule has 0 spiro atoms. The van der Waals surface area contributed by atoms with Crippen LogP contribution in [0.25, 0.3) is 6.08 Å². The van der Waals surface area contributed by atoms with Crippen molar-refractivity contribution in [1.82, 2.24) is 4.90 Å². The van der Waals surface area contributed by atoms with Crippen LogP contribution in [0.15, 0.2) is 33.6 Å². The van der Waals surface area contributed by atoms with Gasteiger partial charge in [-0.15, -0.1) is 0 Å². The van der Waals surface area contributed by atoms with Gasteiger partial charge in [0.1, 0.15) is 0 Å². The summed E-state index contributed by atoms with van der Waals surface area (Å²) in [6.07, 6.45) is 5.41. The first-order chi connectivity index (χ1) is 10.6. The van der Waals surface area contributed by atoms with Gasteiger partial charge in [0.2, 0.25) is 0 Å². The van der Waals surface area contributed by atoms with Crippen LogP contribution >= 0.6 is 27.7 Å². The average Bonchev–Trinajstić information content (AvgIpc) is 2.78. The van der Waals surface area contributed by atoms with Crippen molar-refractivity contribution in [2.75, 3.05) is 19.8 Å². The van der Waals surface area contributed by atoms with Crippen LogP contribution in [0.5, 0.6) is 0 Å². The zero-order valence-electron chi connectivity index (χ0n) is 12.2. The Morgan fingerprint density at radius 1 is 1.14 bits per heavy atom. The highest BCUT2D eigenvalue weighted by atomic mass is 79.9. The molecule has 1 aromatic rings. The number of hydrogen-bond acceptors (Lipinski definition) is 3. The summed E-state index contributed by atoms with van der Waals surface area (Å²) in [5, 5.41) is -0.147. The molecule has 3 rings (SSSR count). The largest absolute Gasteiger partial charge is 0.317 e. The van der Waals surface area contributed by atoms with Crippen LogP contribution < -0.4 is 4.90 Å². The zero-order valence-corrected chi connectivity index (χ0v) is 14.6. The van der Waals surface area contributed by atoms with Crippen molar-refractivity contribution in [3.63, 3.8) is 0 Å². The Bertz CT molecular complexity index is 609. The van der Waals surface area contributed by atoms with E-state index in [0.717, 1.165) is 34.9 Å². The molecule has 2 aliphatic rings. The van der Waals surface area contributed by atoms with Crippen molar-refractivity contribution in [3.05, 3.63) is 39.2 Å². The van der Waals surface area contributed by atoms with Gasteiger partial charge in [0, 0.05) is 4.47 Å². The maximum Gasteiger partial charge on any atom is 0.298 e. The number of imide groups is 1. The fourth-order valence-corrected chi connectivity index (χ4v) is 3.88. The minimum atomic E-state index is -0.156. The maximum absolute atomic E-state index is 12.5. The minimum absolute atomic E-state index is 0.147. The summed E-state index contributed by atoms with van der Waals surface area (Å²) in [5.74, 6) is -0.156. The Kier molecular flexibility index (Phi) is 5.00. The first kappa shape index (κ1) is 15.8. The van der Waals surface area contributed by atoms with Crippen molar-refractivity contribution in [2.24, 2.45) is 0 Å². The fourth-order valence-electron chi connectivity index (χ4n) is 2.78. The molecule has 2 amide bonds. The molecule has 0 aromatic heterocycles. The molecule has 0 radical (unpaired) electrons. The number of halogens is 1. The fraction of sp³-hybridized carbons (Fsp3) is 0.375. The average molecular weight is 382 g/mol. The summed E-state index contributed by atoms with van der Waals surface area (Å²) >= 11 is 4.43. The zero-order chi connectivity index (χ0) is 15.5. The van der Waals surface area contributed by atoms with Crippen LogP contribution in [-0.2, 0) is 4.79 Å². The van der Waals surface area contributed by atoms with Gasteiger partial charge in [-0.1, -0.05) is 28.1 Å². The van der Waals surface area contributed by atoms with Crippen molar-refractivity contribution in [2.45, 2.75) is 19.3 Å². The lowest BCUT2D eigenvalue weighted by atomic mass is 10.1. The number of hydrogen-bond donors (Lipinski definition) is 1. The van der Waals surface area contributed by atoms with Crippen molar-refractivity contribution < 1.29 is 14.5 Å². The molecule has 1 N–H and O–H groups in total. The summed E-state index contributed by atoms with van der Waals surface area (Å²) < 4.78 is 0.992. The van der Waals surface area contributed by atoms with E-state index in [2.05, 4.69) is 15.9 Å². The highest BCUT2D eigenvalue weighted by Crippen LogP contribution is 2.31. The van der Waals surface area contributed by atoms with Crippen LogP contribution in [0.3, 0.4) is 0 Å². The smallest absolute Gasteiger partial charge is 0.298 e. The van der Waals surface area contributed by atoms with E-state index in [1.54, 1.807) is 6.08 Å². The SMILES string of the molecule is O=C1S/C(=C\c2ccc(Br)cc2)C(=O)N1C[NH+]1CCCCC1. The van der Waals surface area contributed by atoms with E-state index in [9.17, 15) is 9.59 Å². The molecule has 6 heteroatoms. The van der Waals surface area contributed by atoms with Crippen LogP contribution in [0.1, 0.15) is 24.8 Å². The minimum Gasteiger partial charge on any atom is -0.317 e. The summed E-state index contributed by atoms with van der Waals surface area (Å²) in [5.41, 5.74) is 0.930. The summed E-state index contributed by atoms with van der Waals surface area (Å²) in [6.45, 7) is 2.60. The molecule has 116 valence electrons. The third-order valence-electron chi connectivity index (χ3n) is 3.98. The summed E-state index contributed by atoms with van der Waals surface area (Å²) in [7, 11) is 0. The van der Waals surface area contributed by atoms with Crippen LogP contribution in [0, 0.1) is 0 Å². The number of benzene rings is 1. The number of rotatable bonds is 3. The second kappa shape index (κ2) is 6.98. The molecule has 0 unspecified atom stereocenters. The summed E-state index contributed by atoms with van der Waals surface area (Å²) in [4.78, 5) is 27.8. The van der Waals surface area contributed by atoms with Crippen LogP contribution in [-0.4, -0.2) is 35.8 Å². The number of carbonyl (C=O) groups is 2. The van der Waals surface area contributed by atoms with E-state index >= 15 is 0 Å². The Morgan fingerprint density at radius 3 is 2.50 bits per heavy atom. The van der Waals surface area contributed by atoms with Gasteiger partial charge in [-0.05, 0) is 54.8 Å². The van der Waals surface area contributed by atoms with E-state index in [-0.39, 0.29) is 11.1 Å². The van der Waals surface area contributed by atoms with Crippen molar-refractivity contribution >= 4 is 44.9 Å². The predicted molar refractivity (Wildman–Crippen MR) is 91.4 cm³/mol. The van der Waals surface area contributed by atoms with E-state index in [0.29, 0.717) is 11.6 Å². The van der Waals surface area contributed by atoms with Gasteiger partial charge in [-0.25, -0.2) is 4.90 Å². The topological polar surface area (TPSA) is 41.8 Å². The molecular weight excluding hydrogens is 364 g/mol. The van der Waals surface area contributed by atoms with E-state index in [1.165, 1.54) is 29.1 Å². The number of piperidine rings is 1. The molecule has 0 bridgehead atoms. The van der Waals surface area contributed by atoms with Crippen molar-refractivity contribution in [3.8, 4) is 0 Å². The lowest BCUT2D eigenvalue weighted by Gasteiger charge is -2.26. The molecule has 22 heavy (non-hydrogen) atoms. The van der Waals surface area contributed by atoms with E-state index in [1.807, 2.05) is 24.3 Å². The standard InChI is InChI=1S/C16H17BrN2O2S/c17-13-6-4-12(5-7-13)10-14-15(20)19(16(21)22-14)11-18-8-2-1-3-9-18/h4-7,10H,1-3,8-9,11H2/p+1/b14-10-. The van der Waals surface area contributed by atoms with Gasteiger partial charge in [0.25, 0.3) is 11.1 Å². The number of thioether (sulfide) groups is 1. The predicted octanol–water partition coefficient (Wildman–Crippen LogP) is 2.51. The second-order valence-corrected chi connectivity index (χ2v) is 7.54. The van der Waals surface area contributed by atoms with E-state index in [4.69, 9.17) is 0 Å². The lowest BCUT2D eigenvalue weighted by Crippen LogP contribution is -3.14. The molecule has 2 heterocycles. The Labute approximate surface area is 142 Å². The van der Waals surface area contributed by atoms with Gasteiger partial charge in [-0.3, -0.25) is 9.59 Å². The van der Waals surface area contributed by atoms with Crippen LogP contribution in [0.4, 0.5) is 4.79 Å². The molecule has 0 atom stereocenters. The van der Waals surface area contributed by atoms with Crippen molar-refractivity contribution in [1.29, 1.82) is 0 Å². The highest BCUT2D eigenvalue weighted by Gasteiger charge is 2.37. The highest BCUT2D eigenvalue weighted by molar-refractivity contribution is 9.10. The number of likely N-dealkylation sites (tertiary alicyclic amines) is 1. The van der Waals surface area contributed by atoms with Gasteiger partial charge >= 0.3 is 0 Å². The third kappa shape index (κ3) is 3.62. The molecule has 1 aromatic carbocycles. The van der Waals surface area contributed by atoms with Gasteiger partial charge in [0.15, 0.2) is 6.67 Å². The molecule has 2 aliphatic heterocycles. The molecule has 4 nitrogen and oxygen atoms in total.